The van der Waals surface area contributed by atoms with Crippen LogP contribution in [0.5, 0.6) is 0 Å². The third-order valence-corrected chi connectivity index (χ3v) is 5.09. The molecule has 0 aliphatic carbocycles. The fourth-order valence-electron chi connectivity index (χ4n) is 3.99. The zero-order chi connectivity index (χ0) is 11.8. The first kappa shape index (κ1) is 11.9. The zero-order valence-corrected chi connectivity index (χ0v) is 11.4. The number of nitrogens with zero attached hydrogens (tertiary/aromatic N) is 2. The molecule has 0 aromatic rings. The second-order valence-corrected chi connectivity index (χ2v) is 6.38. The summed E-state index contributed by atoms with van der Waals surface area (Å²) in [5.41, 5.74) is 0. The zero-order valence-electron chi connectivity index (χ0n) is 11.4. The second-order valence-electron chi connectivity index (χ2n) is 6.38. The van der Waals surface area contributed by atoms with Crippen LogP contribution in [0, 0.1) is 0 Å². The highest BCUT2D eigenvalue weighted by Gasteiger charge is 2.37. The van der Waals surface area contributed by atoms with Crippen molar-refractivity contribution in [2.75, 3.05) is 26.2 Å². The Hall–Kier alpha value is -0.120. The Morgan fingerprint density at radius 1 is 1.00 bits per heavy atom. The van der Waals surface area contributed by atoms with Crippen molar-refractivity contribution in [3.05, 3.63) is 0 Å². The highest BCUT2D eigenvalue weighted by Crippen LogP contribution is 2.27. The first-order valence-corrected chi connectivity index (χ1v) is 7.47. The van der Waals surface area contributed by atoms with E-state index in [1.165, 1.54) is 51.9 Å². The van der Waals surface area contributed by atoms with Crippen molar-refractivity contribution >= 4 is 0 Å². The summed E-state index contributed by atoms with van der Waals surface area (Å²) in [6, 6.07) is 3.15. The van der Waals surface area contributed by atoms with Crippen molar-refractivity contribution in [1.82, 2.24) is 15.1 Å². The van der Waals surface area contributed by atoms with Crippen LogP contribution >= 0.6 is 0 Å². The maximum absolute atomic E-state index is 3.65. The predicted octanol–water partition coefficient (Wildman–Crippen LogP) is 1.30. The molecule has 0 spiro atoms. The standard InChI is InChI=1S/C14H27N3/c1-11-5-6-13(8-15-11)17-10-14-4-3-7-16(14)9-12(17)2/h11-15H,3-10H2,1-2H3. The minimum atomic E-state index is 0.731. The van der Waals surface area contributed by atoms with Crippen LogP contribution in [0.25, 0.3) is 0 Å². The summed E-state index contributed by atoms with van der Waals surface area (Å²) in [4.78, 5) is 5.52. The van der Waals surface area contributed by atoms with Gasteiger partial charge in [0.15, 0.2) is 0 Å². The van der Waals surface area contributed by atoms with Gasteiger partial charge in [-0.05, 0) is 46.1 Å². The Balaban J connectivity index is 1.62. The average molecular weight is 237 g/mol. The van der Waals surface area contributed by atoms with Gasteiger partial charge in [-0.2, -0.15) is 0 Å². The van der Waals surface area contributed by atoms with E-state index in [1.807, 2.05) is 0 Å². The molecule has 3 rings (SSSR count). The molecule has 17 heavy (non-hydrogen) atoms. The number of hydrogen-bond donors (Lipinski definition) is 1. The maximum Gasteiger partial charge on any atom is 0.0225 e. The van der Waals surface area contributed by atoms with Crippen LogP contribution in [0.1, 0.15) is 39.5 Å². The van der Waals surface area contributed by atoms with Crippen molar-refractivity contribution in [3.8, 4) is 0 Å². The first-order chi connectivity index (χ1) is 8.24. The molecule has 3 aliphatic rings. The SMILES string of the molecule is CC1CCC(N2CC3CCCN3CC2C)CN1. The molecule has 3 aliphatic heterocycles. The summed E-state index contributed by atoms with van der Waals surface area (Å²) in [5, 5.41) is 3.65. The van der Waals surface area contributed by atoms with Gasteiger partial charge in [-0.3, -0.25) is 9.80 Å². The van der Waals surface area contributed by atoms with Gasteiger partial charge in [0.1, 0.15) is 0 Å². The van der Waals surface area contributed by atoms with E-state index in [2.05, 4.69) is 29.0 Å². The highest BCUT2D eigenvalue weighted by atomic mass is 15.3. The Morgan fingerprint density at radius 2 is 1.88 bits per heavy atom. The van der Waals surface area contributed by atoms with E-state index in [1.54, 1.807) is 0 Å². The summed E-state index contributed by atoms with van der Waals surface area (Å²) in [6.45, 7) is 9.92. The van der Waals surface area contributed by atoms with Crippen LogP contribution in [-0.4, -0.2) is 60.1 Å². The van der Waals surface area contributed by atoms with Crippen molar-refractivity contribution in [1.29, 1.82) is 0 Å². The molecule has 3 heteroatoms. The molecule has 3 fully saturated rings. The summed E-state index contributed by atoms with van der Waals surface area (Å²) in [5.74, 6) is 0. The van der Waals surface area contributed by atoms with E-state index in [9.17, 15) is 0 Å². The van der Waals surface area contributed by atoms with Crippen LogP contribution < -0.4 is 5.32 Å². The third kappa shape index (κ3) is 2.38. The number of rotatable bonds is 1. The molecule has 0 aromatic heterocycles. The van der Waals surface area contributed by atoms with E-state index in [-0.39, 0.29) is 0 Å². The predicted molar refractivity (Wildman–Crippen MR) is 71.2 cm³/mol. The quantitative estimate of drug-likeness (QED) is 0.741. The minimum absolute atomic E-state index is 0.731. The summed E-state index contributed by atoms with van der Waals surface area (Å²) >= 11 is 0. The third-order valence-electron chi connectivity index (χ3n) is 5.09. The van der Waals surface area contributed by atoms with Gasteiger partial charge in [0.25, 0.3) is 0 Å². The van der Waals surface area contributed by atoms with E-state index >= 15 is 0 Å². The fourth-order valence-corrected chi connectivity index (χ4v) is 3.99. The largest absolute Gasteiger partial charge is 0.313 e. The summed E-state index contributed by atoms with van der Waals surface area (Å²) in [7, 11) is 0. The van der Waals surface area contributed by atoms with Crippen molar-refractivity contribution in [3.63, 3.8) is 0 Å². The highest BCUT2D eigenvalue weighted by molar-refractivity contribution is 4.94. The molecule has 0 aromatic carbocycles. The normalized spacial score (nSPS) is 44.8. The van der Waals surface area contributed by atoms with Gasteiger partial charge in [0, 0.05) is 43.8 Å². The molecule has 4 atom stereocenters. The van der Waals surface area contributed by atoms with Crippen LogP contribution in [0.4, 0.5) is 0 Å². The molecule has 3 nitrogen and oxygen atoms in total. The summed E-state index contributed by atoms with van der Waals surface area (Å²) < 4.78 is 0. The van der Waals surface area contributed by atoms with E-state index in [0.29, 0.717) is 0 Å². The topological polar surface area (TPSA) is 18.5 Å². The number of hydrogen-bond acceptors (Lipinski definition) is 3. The molecule has 0 radical (unpaired) electrons. The smallest absolute Gasteiger partial charge is 0.0225 e. The molecule has 0 bridgehead atoms. The Kier molecular flexibility index (Phi) is 3.42. The van der Waals surface area contributed by atoms with Gasteiger partial charge < -0.3 is 5.32 Å². The second kappa shape index (κ2) is 4.87. The fraction of sp³-hybridized carbons (Fsp3) is 1.00. The lowest BCUT2D eigenvalue weighted by atomic mass is 9.97. The molecular formula is C14H27N3. The molecule has 3 saturated heterocycles. The van der Waals surface area contributed by atoms with Crippen LogP contribution in [-0.2, 0) is 0 Å². The Labute approximate surface area is 106 Å². The number of piperazine rings is 1. The van der Waals surface area contributed by atoms with Crippen LogP contribution in [0.2, 0.25) is 0 Å². The van der Waals surface area contributed by atoms with E-state index in [0.717, 1.165) is 24.2 Å². The lowest BCUT2D eigenvalue weighted by Crippen LogP contribution is -2.61. The van der Waals surface area contributed by atoms with Gasteiger partial charge in [0.05, 0.1) is 0 Å². The van der Waals surface area contributed by atoms with Crippen molar-refractivity contribution < 1.29 is 0 Å². The Morgan fingerprint density at radius 3 is 2.65 bits per heavy atom. The van der Waals surface area contributed by atoms with Crippen molar-refractivity contribution in [2.45, 2.75) is 63.7 Å². The van der Waals surface area contributed by atoms with E-state index < -0.39 is 0 Å². The molecule has 0 saturated carbocycles. The Bertz CT molecular complexity index is 260. The lowest BCUT2D eigenvalue weighted by Gasteiger charge is -2.47. The summed E-state index contributed by atoms with van der Waals surface area (Å²) in [6.07, 6.45) is 5.60. The first-order valence-electron chi connectivity index (χ1n) is 7.47. The van der Waals surface area contributed by atoms with Gasteiger partial charge in [-0.15, -0.1) is 0 Å². The van der Waals surface area contributed by atoms with Gasteiger partial charge in [-0.25, -0.2) is 0 Å². The number of nitrogens with one attached hydrogen (secondary N) is 1. The number of piperidine rings is 1. The van der Waals surface area contributed by atoms with Crippen LogP contribution in [0.15, 0.2) is 0 Å². The lowest BCUT2D eigenvalue weighted by molar-refractivity contribution is 0.0175. The van der Waals surface area contributed by atoms with Gasteiger partial charge in [0.2, 0.25) is 0 Å². The van der Waals surface area contributed by atoms with E-state index in [4.69, 9.17) is 0 Å². The molecule has 1 N–H and O–H groups in total. The molecule has 0 amide bonds. The van der Waals surface area contributed by atoms with Gasteiger partial charge >= 0.3 is 0 Å². The molecular weight excluding hydrogens is 210 g/mol. The average Bonchev–Trinajstić information content (AvgIpc) is 2.76. The maximum atomic E-state index is 3.65. The van der Waals surface area contributed by atoms with Crippen LogP contribution in [0.3, 0.4) is 0 Å². The molecule has 4 unspecified atom stereocenters. The molecule has 3 heterocycles. The number of fused-ring (bicyclic) bond motifs is 1. The minimum Gasteiger partial charge on any atom is -0.313 e. The monoisotopic (exact) mass is 237 g/mol. The van der Waals surface area contributed by atoms with Gasteiger partial charge in [-0.1, -0.05) is 0 Å². The van der Waals surface area contributed by atoms with Crippen molar-refractivity contribution in [2.24, 2.45) is 0 Å². The molecule has 98 valence electrons.